The molecule has 1 unspecified atom stereocenters. The molecular formula is C12H16N2O2. The molecule has 0 bridgehead atoms. The Labute approximate surface area is 94.6 Å². The zero-order chi connectivity index (χ0) is 11.5. The lowest BCUT2D eigenvalue weighted by Gasteiger charge is -2.08. The number of non-ortho nitro benzene ring substituents is 1. The summed E-state index contributed by atoms with van der Waals surface area (Å²) in [5, 5.41) is 10.7. The normalized spacial score (nSPS) is 19.9. The standard InChI is InChI=1S/C12H16N2O2/c13-8-9-1-3-10-5-6-12(14(15)16)7-11(10)4-2-9/h5-7,9H,1-4,8,13H2. The van der Waals surface area contributed by atoms with Gasteiger partial charge in [0.1, 0.15) is 0 Å². The van der Waals surface area contributed by atoms with Crippen LogP contribution in [0.1, 0.15) is 24.0 Å². The van der Waals surface area contributed by atoms with Crippen molar-refractivity contribution in [3.05, 3.63) is 39.4 Å². The monoisotopic (exact) mass is 220 g/mol. The Morgan fingerprint density at radius 3 is 2.62 bits per heavy atom. The lowest BCUT2D eigenvalue weighted by atomic mass is 10.0. The van der Waals surface area contributed by atoms with E-state index in [0.717, 1.165) is 37.8 Å². The third kappa shape index (κ3) is 2.22. The average molecular weight is 220 g/mol. The van der Waals surface area contributed by atoms with Crippen molar-refractivity contribution in [3.8, 4) is 0 Å². The molecule has 1 aliphatic carbocycles. The third-order valence-electron chi connectivity index (χ3n) is 3.38. The fourth-order valence-corrected chi connectivity index (χ4v) is 2.30. The van der Waals surface area contributed by atoms with Crippen molar-refractivity contribution >= 4 is 5.69 Å². The molecule has 0 aliphatic heterocycles. The highest BCUT2D eigenvalue weighted by Crippen LogP contribution is 2.26. The minimum absolute atomic E-state index is 0.199. The molecule has 0 aromatic heterocycles. The maximum absolute atomic E-state index is 10.7. The molecule has 0 saturated carbocycles. The van der Waals surface area contributed by atoms with Gasteiger partial charge in [0.05, 0.1) is 4.92 Å². The SMILES string of the molecule is NCC1CCc2ccc([N+](=O)[O-])cc2CC1. The molecule has 0 fully saturated rings. The summed E-state index contributed by atoms with van der Waals surface area (Å²) in [6.45, 7) is 0.718. The highest BCUT2D eigenvalue weighted by atomic mass is 16.6. The predicted molar refractivity (Wildman–Crippen MR) is 62.3 cm³/mol. The first-order chi connectivity index (χ1) is 7.70. The Balaban J connectivity index is 2.25. The number of benzene rings is 1. The summed E-state index contributed by atoms with van der Waals surface area (Å²) in [6.07, 6.45) is 4.06. The summed E-state index contributed by atoms with van der Waals surface area (Å²) in [5.41, 5.74) is 8.26. The summed E-state index contributed by atoms with van der Waals surface area (Å²) in [5.74, 6) is 0.562. The van der Waals surface area contributed by atoms with Gasteiger partial charge in [0.2, 0.25) is 0 Å². The first-order valence-corrected chi connectivity index (χ1v) is 5.67. The van der Waals surface area contributed by atoms with E-state index in [2.05, 4.69) is 0 Å². The van der Waals surface area contributed by atoms with Crippen molar-refractivity contribution in [1.29, 1.82) is 0 Å². The minimum Gasteiger partial charge on any atom is -0.330 e. The van der Waals surface area contributed by atoms with Gasteiger partial charge in [0.25, 0.3) is 5.69 Å². The van der Waals surface area contributed by atoms with Crippen LogP contribution in [0.5, 0.6) is 0 Å². The molecule has 1 aromatic carbocycles. The van der Waals surface area contributed by atoms with Crippen LogP contribution in [0.2, 0.25) is 0 Å². The number of aryl methyl sites for hydroxylation is 2. The molecule has 2 N–H and O–H groups in total. The number of nitro groups is 1. The fourth-order valence-electron chi connectivity index (χ4n) is 2.30. The van der Waals surface area contributed by atoms with Crippen molar-refractivity contribution < 1.29 is 4.92 Å². The second-order valence-corrected chi connectivity index (χ2v) is 4.39. The van der Waals surface area contributed by atoms with E-state index in [1.54, 1.807) is 12.1 Å². The second-order valence-electron chi connectivity index (χ2n) is 4.39. The van der Waals surface area contributed by atoms with Crippen LogP contribution in [0.4, 0.5) is 5.69 Å². The number of fused-ring (bicyclic) bond motifs is 1. The average Bonchev–Trinajstić information content (AvgIpc) is 2.50. The summed E-state index contributed by atoms with van der Waals surface area (Å²) < 4.78 is 0. The molecule has 16 heavy (non-hydrogen) atoms. The van der Waals surface area contributed by atoms with Gasteiger partial charge >= 0.3 is 0 Å². The van der Waals surface area contributed by atoms with Crippen LogP contribution in [0, 0.1) is 16.0 Å². The summed E-state index contributed by atoms with van der Waals surface area (Å²) in [7, 11) is 0. The van der Waals surface area contributed by atoms with Crippen LogP contribution in [-0.2, 0) is 12.8 Å². The first-order valence-electron chi connectivity index (χ1n) is 5.67. The number of nitrogens with zero attached hydrogens (tertiary/aromatic N) is 1. The lowest BCUT2D eigenvalue weighted by molar-refractivity contribution is -0.384. The molecule has 0 radical (unpaired) electrons. The van der Waals surface area contributed by atoms with Crippen LogP contribution < -0.4 is 5.73 Å². The molecule has 0 amide bonds. The molecule has 2 rings (SSSR count). The van der Waals surface area contributed by atoms with Crippen molar-refractivity contribution in [2.45, 2.75) is 25.7 Å². The molecule has 4 nitrogen and oxygen atoms in total. The molecule has 86 valence electrons. The number of nitro benzene ring substituents is 1. The first kappa shape index (κ1) is 11.1. The van der Waals surface area contributed by atoms with E-state index < -0.39 is 0 Å². The van der Waals surface area contributed by atoms with E-state index in [1.165, 1.54) is 5.56 Å². The van der Waals surface area contributed by atoms with Crippen LogP contribution in [-0.4, -0.2) is 11.5 Å². The summed E-state index contributed by atoms with van der Waals surface area (Å²) in [6, 6.07) is 5.21. The van der Waals surface area contributed by atoms with Gasteiger partial charge in [-0.25, -0.2) is 0 Å². The highest BCUT2D eigenvalue weighted by Gasteiger charge is 2.17. The van der Waals surface area contributed by atoms with E-state index in [-0.39, 0.29) is 10.6 Å². The summed E-state index contributed by atoms with van der Waals surface area (Å²) in [4.78, 5) is 10.4. The molecule has 1 aromatic rings. The van der Waals surface area contributed by atoms with Crippen LogP contribution in [0.3, 0.4) is 0 Å². The lowest BCUT2D eigenvalue weighted by Crippen LogP contribution is -2.14. The Bertz CT molecular complexity index is 404. The molecular weight excluding hydrogens is 204 g/mol. The Kier molecular flexibility index (Phi) is 3.19. The maximum atomic E-state index is 10.7. The zero-order valence-electron chi connectivity index (χ0n) is 9.19. The molecule has 4 heteroatoms. The van der Waals surface area contributed by atoms with Gasteiger partial charge < -0.3 is 5.73 Å². The van der Waals surface area contributed by atoms with E-state index >= 15 is 0 Å². The quantitative estimate of drug-likeness (QED) is 0.471. The second kappa shape index (κ2) is 4.61. The van der Waals surface area contributed by atoms with Crippen LogP contribution in [0.25, 0.3) is 0 Å². The molecule has 1 aliphatic rings. The van der Waals surface area contributed by atoms with Crippen LogP contribution in [0.15, 0.2) is 18.2 Å². The minimum atomic E-state index is -0.328. The van der Waals surface area contributed by atoms with Gasteiger partial charge in [-0.05, 0) is 49.3 Å². The Morgan fingerprint density at radius 1 is 1.31 bits per heavy atom. The van der Waals surface area contributed by atoms with Crippen molar-refractivity contribution in [3.63, 3.8) is 0 Å². The smallest absolute Gasteiger partial charge is 0.269 e. The van der Waals surface area contributed by atoms with Crippen molar-refractivity contribution in [2.24, 2.45) is 11.7 Å². The molecule has 1 atom stereocenters. The van der Waals surface area contributed by atoms with Gasteiger partial charge in [-0.15, -0.1) is 0 Å². The van der Waals surface area contributed by atoms with Gasteiger partial charge in [-0.1, -0.05) is 6.07 Å². The van der Waals surface area contributed by atoms with E-state index in [4.69, 9.17) is 5.73 Å². The van der Waals surface area contributed by atoms with Gasteiger partial charge in [-0.3, -0.25) is 10.1 Å². The fraction of sp³-hybridized carbons (Fsp3) is 0.500. The van der Waals surface area contributed by atoms with Gasteiger partial charge in [-0.2, -0.15) is 0 Å². The number of nitrogens with two attached hydrogens (primary N) is 1. The van der Waals surface area contributed by atoms with E-state index in [9.17, 15) is 10.1 Å². The Morgan fingerprint density at radius 2 is 2.00 bits per heavy atom. The molecule has 0 spiro atoms. The van der Waals surface area contributed by atoms with Gasteiger partial charge in [0, 0.05) is 12.1 Å². The predicted octanol–water partition coefficient (Wildman–Crippen LogP) is 2.05. The molecule has 0 heterocycles. The number of hydrogen-bond acceptors (Lipinski definition) is 3. The molecule has 0 saturated heterocycles. The van der Waals surface area contributed by atoms with Crippen molar-refractivity contribution in [1.82, 2.24) is 0 Å². The highest BCUT2D eigenvalue weighted by molar-refractivity contribution is 5.40. The van der Waals surface area contributed by atoms with Crippen molar-refractivity contribution in [2.75, 3.05) is 6.54 Å². The third-order valence-corrected chi connectivity index (χ3v) is 3.38. The Hall–Kier alpha value is -1.42. The largest absolute Gasteiger partial charge is 0.330 e. The topological polar surface area (TPSA) is 69.2 Å². The summed E-state index contributed by atoms with van der Waals surface area (Å²) >= 11 is 0. The number of rotatable bonds is 2. The van der Waals surface area contributed by atoms with E-state index in [0.29, 0.717) is 5.92 Å². The van der Waals surface area contributed by atoms with Crippen LogP contribution >= 0.6 is 0 Å². The van der Waals surface area contributed by atoms with E-state index in [1.807, 2.05) is 6.07 Å². The van der Waals surface area contributed by atoms with Gasteiger partial charge in [0.15, 0.2) is 0 Å². The zero-order valence-corrected chi connectivity index (χ0v) is 9.19. The number of hydrogen-bond donors (Lipinski definition) is 1. The maximum Gasteiger partial charge on any atom is 0.269 e.